The van der Waals surface area contributed by atoms with Crippen LogP contribution in [0.3, 0.4) is 0 Å². The van der Waals surface area contributed by atoms with Crippen molar-refractivity contribution in [3.05, 3.63) is 30.0 Å². The number of benzene rings is 1. The summed E-state index contributed by atoms with van der Waals surface area (Å²) >= 11 is 1.51. The van der Waals surface area contributed by atoms with Gasteiger partial charge >= 0.3 is 6.18 Å². The van der Waals surface area contributed by atoms with Crippen LogP contribution in [0.15, 0.2) is 24.3 Å². The van der Waals surface area contributed by atoms with E-state index in [2.05, 4.69) is 25.5 Å². The predicted molar refractivity (Wildman–Crippen MR) is 149 cm³/mol. The SMILES string of the molecule is Cc1nc(NCC(F)(F)F)nc(NC2[C@@H]3C[C@H](CN4CCOCC4)[C@H]4OC(C)(C)O[C@]243)c1-c1nc2ccccc2s1. The second-order valence-corrected chi connectivity index (χ2v) is 12.9. The van der Waals surface area contributed by atoms with Crippen molar-refractivity contribution in [2.75, 3.05) is 50.0 Å². The predicted octanol–water partition coefficient (Wildman–Crippen LogP) is 4.69. The van der Waals surface area contributed by atoms with Crippen molar-refractivity contribution in [2.45, 2.75) is 56.9 Å². The van der Waals surface area contributed by atoms with Crippen molar-refractivity contribution in [3.63, 3.8) is 0 Å². The Morgan fingerprint density at radius 1 is 1.12 bits per heavy atom. The standard InChI is InChI=1S/C28H33F3N6O3S/c1-15-20(24-34-18-6-4-5-7-19(18)41-24)23(36-25(33-15)32-14-27(29,30)31)35-21-17-12-16(13-37-8-10-38-11-9-37)22-28(17,21)40-26(2,3)39-22/h4-7,16-17,21-22H,8-14H2,1-3H3,(H2,32,33,35,36)/t16-,17+,21?,22-,28-/m1/s1. The third kappa shape index (κ3) is 4.95. The van der Waals surface area contributed by atoms with Crippen LogP contribution in [-0.4, -0.2) is 89.0 Å². The number of alkyl halides is 3. The number of anilines is 2. The lowest BCUT2D eigenvalue weighted by molar-refractivity contribution is -0.159. The van der Waals surface area contributed by atoms with E-state index in [4.69, 9.17) is 19.2 Å². The molecule has 2 saturated heterocycles. The largest absolute Gasteiger partial charge is 0.405 e. The van der Waals surface area contributed by atoms with Crippen molar-refractivity contribution >= 4 is 33.3 Å². The number of halogens is 3. The summed E-state index contributed by atoms with van der Waals surface area (Å²) in [5.74, 6) is 0.135. The fourth-order valence-corrected chi connectivity index (χ4v) is 8.00. The molecule has 1 aromatic carbocycles. The smallest absolute Gasteiger partial charge is 0.379 e. The van der Waals surface area contributed by atoms with Crippen LogP contribution in [0.2, 0.25) is 0 Å². The average Bonchev–Trinajstić information content (AvgIpc) is 3.22. The summed E-state index contributed by atoms with van der Waals surface area (Å²) in [7, 11) is 0. The maximum absolute atomic E-state index is 13.0. The zero-order chi connectivity index (χ0) is 28.6. The van der Waals surface area contributed by atoms with Gasteiger partial charge in [0.25, 0.3) is 0 Å². The van der Waals surface area contributed by atoms with E-state index >= 15 is 0 Å². The van der Waals surface area contributed by atoms with Crippen molar-refractivity contribution < 1.29 is 27.4 Å². The van der Waals surface area contributed by atoms with E-state index in [1.807, 2.05) is 38.1 Å². The minimum Gasteiger partial charge on any atom is -0.379 e. The lowest BCUT2D eigenvalue weighted by Gasteiger charge is -2.32. The molecule has 0 radical (unpaired) electrons. The second kappa shape index (κ2) is 9.73. The number of ether oxygens (including phenoxy) is 3. The van der Waals surface area contributed by atoms with Gasteiger partial charge in [-0.25, -0.2) is 9.97 Å². The molecule has 13 heteroatoms. The quantitative estimate of drug-likeness (QED) is 0.407. The van der Waals surface area contributed by atoms with Gasteiger partial charge in [0.15, 0.2) is 5.79 Å². The minimum absolute atomic E-state index is 0.0823. The van der Waals surface area contributed by atoms with E-state index in [0.29, 0.717) is 28.0 Å². The molecule has 220 valence electrons. The second-order valence-electron chi connectivity index (χ2n) is 11.8. The molecular formula is C28H33F3N6O3S. The minimum atomic E-state index is -4.40. The highest BCUT2D eigenvalue weighted by Gasteiger charge is 2.81. The van der Waals surface area contributed by atoms with E-state index in [1.165, 1.54) is 11.3 Å². The van der Waals surface area contributed by atoms with Crippen molar-refractivity contribution in [3.8, 4) is 10.6 Å². The number of fused-ring (bicyclic) bond motifs is 1. The number of nitrogens with zero attached hydrogens (tertiary/aromatic N) is 4. The Bertz CT molecular complexity index is 1430. The van der Waals surface area contributed by atoms with Crippen molar-refractivity contribution in [1.29, 1.82) is 0 Å². The average molecular weight is 591 g/mol. The third-order valence-corrected chi connectivity index (χ3v) is 9.61. The Hall–Kier alpha value is -2.58. The highest BCUT2D eigenvalue weighted by Crippen LogP contribution is 2.67. The molecule has 7 rings (SSSR count). The van der Waals surface area contributed by atoms with Crippen LogP contribution in [0.1, 0.15) is 26.0 Å². The van der Waals surface area contributed by atoms with Crippen molar-refractivity contribution in [2.24, 2.45) is 11.8 Å². The zero-order valence-corrected chi connectivity index (χ0v) is 23.9. The van der Waals surface area contributed by atoms with Gasteiger partial charge in [-0.05, 0) is 39.3 Å². The highest BCUT2D eigenvalue weighted by atomic mass is 32.1. The molecule has 41 heavy (non-hydrogen) atoms. The summed E-state index contributed by atoms with van der Waals surface area (Å²) in [5.41, 5.74) is 1.55. The molecule has 4 aliphatic rings. The topological polar surface area (TPSA) is 93.7 Å². The van der Waals surface area contributed by atoms with Crippen LogP contribution in [0.25, 0.3) is 20.8 Å². The lowest BCUT2D eigenvalue weighted by atomic mass is 9.97. The van der Waals surface area contributed by atoms with Crippen LogP contribution in [0.4, 0.5) is 24.9 Å². The molecule has 9 nitrogen and oxygen atoms in total. The molecule has 4 fully saturated rings. The molecule has 4 heterocycles. The molecule has 0 bridgehead atoms. The summed E-state index contributed by atoms with van der Waals surface area (Å²) in [6.07, 6.45) is -3.57. The van der Waals surface area contributed by atoms with Crippen LogP contribution >= 0.6 is 11.3 Å². The number of morpholine rings is 1. The maximum atomic E-state index is 13.0. The van der Waals surface area contributed by atoms with Gasteiger partial charge in [-0.1, -0.05) is 12.1 Å². The summed E-state index contributed by atoms with van der Waals surface area (Å²) in [4.78, 5) is 16.2. The van der Waals surface area contributed by atoms with E-state index in [0.717, 1.165) is 49.5 Å². The Morgan fingerprint density at radius 2 is 1.90 bits per heavy atom. The fourth-order valence-electron chi connectivity index (χ4n) is 6.94. The van der Waals surface area contributed by atoms with Gasteiger partial charge in [0.1, 0.15) is 23.0 Å². The van der Waals surface area contributed by atoms with Gasteiger partial charge in [-0.15, -0.1) is 11.3 Å². The van der Waals surface area contributed by atoms with Gasteiger partial charge in [-0.2, -0.15) is 18.2 Å². The fraction of sp³-hybridized carbons (Fsp3) is 0.607. The number of aryl methyl sites for hydroxylation is 1. The van der Waals surface area contributed by atoms with Crippen LogP contribution in [-0.2, 0) is 14.2 Å². The zero-order valence-electron chi connectivity index (χ0n) is 23.1. The lowest BCUT2D eigenvalue weighted by Crippen LogP contribution is -2.44. The number of para-hydroxylation sites is 1. The molecule has 2 aromatic heterocycles. The van der Waals surface area contributed by atoms with Crippen molar-refractivity contribution in [1.82, 2.24) is 19.9 Å². The van der Waals surface area contributed by atoms with Gasteiger partial charge in [0.2, 0.25) is 5.95 Å². The summed E-state index contributed by atoms with van der Waals surface area (Å²) in [6.45, 7) is 8.66. The molecule has 2 aliphatic heterocycles. The van der Waals surface area contributed by atoms with E-state index in [9.17, 15) is 13.2 Å². The van der Waals surface area contributed by atoms with Gasteiger partial charge in [0, 0.05) is 31.5 Å². The van der Waals surface area contributed by atoms with Gasteiger partial charge < -0.3 is 24.8 Å². The monoisotopic (exact) mass is 590 g/mol. The number of aromatic nitrogens is 3. The Morgan fingerprint density at radius 3 is 2.66 bits per heavy atom. The van der Waals surface area contributed by atoms with E-state index in [-0.39, 0.29) is 24.0 Å². The molecule has 2 aliphatic carbocycles. The van der Waals surface area contributed by atoms with Crippen LogP contribution in [0, 0.1) is 18.8 Å². The van der Waals surface area contributed by atoms with Gasteiger partial charge in [-0.3, -0.25) is 4.90 Å². The molecule has 2 N–H and O–H groups in total. The molecule has 5 atom stereocenters. The number of hydrogen-bond acceptors (Lipinski definition) is 10. The summed E-state index contributed by atoms with van der Waals surface area (Å²) in [6, 6.07) is 7.71. The Labute approximate surface area is 239 Å². The molecule has 3 aromatic rings. The first-order valence-electron chi connectivity index (χ1n) is 14.0. The molecule has 1 unspecified atom stereocenters. The first-order valence-corrected chi connectivity index (χ1v) is 14.8. The van der Waals surface area contributed by atoms with E-state index in [1.54, 1.807) is 6.92 Å². The maximum Gasteiger partial charge on any atom is 0.405 e. The normalized spacial score (nSPS) is 30.8. The Kier molecular flexibility index (Phi) is 6.47. The highest BCUT2D eigenvalue weighted by molar-refractivity contribution is 7.21. The summed E-state index contributed by atoms with van der Waals surface area (Å²) in [5, 5.41) is 6.65. The third-order valence-electron chi connectivity index (χ3n) is 8.55. The number of hydrogen-bond donors (Lipinski definition) is 2. The summed E-state index contributed by atoms with van der Waals surface area (Å²) < 4.78 is 58.8. The molecular weight excluding hydrogens is 557 g/mol. The molecule has 2 saturated carbocycles. The first kappa shape index (κ1) is 27.3. The van der Waals surface area contributed by atoms with Crippen LogP contribution < -0.4 is 10.6 Å². The Balaban J connectivity index is 1.21. The van der Waals surface area contributed by atoms with Crippen LogP contribution in [0.5, 0.6) is 0 Å². The molecule has 0 amide bonds. The number of thiazole rings is 1. The number of rotatable bonds is 7. The first-order chi connectivity index (χ1) is 19.5. The number of nitrogens with one attached hydrogen (secondary N) is 2. The van der Waals surface area contributed by atoms with Gasteiger partial charge in [0.05, 0.1) is 46.8 Å². The molecule has 1 spiro atoms. The van der Waals surface area contributed by atoms with E-state index < -0.39 is 24.1 Å².